The first-order valence-electron chi connectivity index (χ1n) is 7.09. The van der Waals surface area contributed by atoms with Crippen molar-refractivity contribution >= 4 is 5.97 Å². The van der Waals surface area contributed by atoms with Crippen molar-refractivity contribution in [2.45, 2.75) is 39.3 Å². The highest BCUT2D eigenvalue weighted by Crippen LogP contribution is 2.23. The molecule has 3 atom stereocenters. The summed E-state index contributed by atoms with van der Waals surface area (Å²) < 4.78 is 10.6. The maximum Gasteiger partial charge on any atom is 0.322 e. The third kappa shape index (κ3) is 5.23. The van der Waals surface area contributed by atoms with Crippen molar-refractivity contribution in [3.63, 3.8) is 0 Å². The Morgan fingerprint density at radius 1 is 1.29 bits per heavy atom. The first-order valence-corrected chi connectivity index (χ1v) is 7.09. The summed E-state index contributed by atoms with van der Waals surface area (Å²) in [5, 5.41) is 0. The Kier molecular flexibility index (Phi) is 6.43. The molecule has 0 bridgehead atoms. The minimum Gasteiger partial charge on any atom is -0.497 e. The van der Waals surface area contributed by atoms with Crippen LogP contribution in [0.4, 0.5) is 0 Å². The third-order valence-electron chi connectivity index (χ3n) is 3.49. The molecule has 116 valence electrons. The summed E-state index contributed by atoms with van der Waals surface area (Å²) in [6.45, 7) is 9.46. The normalized spacial score (nSPS) is 14.9. The average molecular weight is 291 g/mol. The Morgan fingerprint density at radius 3 is 2.29 bits per heavy atom. The average Bonchev–Trinajstić information content (AvgIpc) is 2.44. The van der Waals surface area contributed by atoms with Crippen LogP contribution in [0.15, 0.2) is 36.4 Å². The van der Waals surface area contributed by atoms with Crippen LogP contribution in [0.3, 0.4) is 0 Å². The van der Waals surface area contributed by atoms with Gasteiger partial charge in [-0.3, -0.25) is 4.79 Å². The van der Waals surface area contributed by atoms with E-state index in [0.29, 0.717) is 0 Å². The van der Waals surface area contributed by atoms with Gasteiger partial charge in [0.15, 0.2) is 0 Å². The van der Waals surface area contributed by atoms with Crippen LogP contribution >= 0.6 is 0 Å². The smallest absolute Gasteiger partial charge is 0.322 e. The molecule has 2 N–H and O–H groups in total. The van der Waals surface area contributed by atoms with Crippen molar-refractivity contribution in [1.29, 1.82) is 0 Å². The van der Waals surface area contributed by atoms with Gasteiger partial charge < -0.3 is 15.2 Å². The second-order valence-electron chi connectivity index (χ2n) is 5.44. The summed E-state index contributed by atoms with van der Waals surface area (Å²) in [6, 6.07) is 7.25. The summed E-state index contributed by atoms with van der Waals surface area (Å²) >= 11 is 0. The summed E-state index contributed by atoms with van der Waals surface area (Å²) in [4.78, 5) is 11.6. The lowest BCUT2D eigenvalue weighted by Gasteiger charge is -2.25. The number of nitrogens with two attached hydrogens (primary N) is 1. The topological polar surface area (TPSA) is 61.5 Å². The second kappa shape index (κ2) is 7.84. The van der Waals surface area contributed by atoms with Gasteiger partial charge in [0.1, 0.15) is 17.9 Å². The Bertz CT molecular complexity index is 479. The number of esters is 1. The van der Waals surface area contributed by atoms with E-state index in [4.69, 9.17) is 15.2 Å². The Hall–Kier alpha value is -1.81. The fourth-order valence-electron chi connectivity index (χ4n) is 2.13. The maximum atomic E-state index is 11.6. The number of hydrogen-bond donors (Lipinski definition) is 1. The first-order chi connectivity index (χ1) is 9.85. The largest absolute Gasteiger partial charge is 0.497 e. The lowest BCUT2D eigenvalue weighted by molar-refractivity contribution is -0.151. The van der Waals surface area contributed by atoms with E-state index in [9.17, 15) is 4.79 Å². The third-order valence-corrected chi connectivity index (χ3v) is 3.49. The minimum absolute atomic E-state index is 0.0566. The molecule has 0 fully saturated rings. The molecular formula is C17H25NO3. The zero-order valence-corrected chi connectivity index (χ0v) is 13.3. The van der Waals surface area contributed by atoms with E-state index in [1.165, 1.54) is 0 Å². The molecule has 0 amide bonds. The fraction of sp³-hybridized carbons (Fsp3) is 0.471. The van der Waals surface area contributed by atoms with Crippen molar-refractivity contribution in [3.8, 4) is 5.75 Å². The van der Waals surface area contributed by atoms with Crippen LogP contribution in [-0.4, -0.2) is 25.2 Å². The standard InChI is InChI=1S/C17H25NO3/c1-11(2)16(13(4)21-17(19)12(3)18)10-14-6-8-15(20-5)9-7-14/h6-9,12-13,16H,1,10,18H2,2-5H3/t12-,13-,16+/m0/s1. The van der Waals surface area contributed by atoms with Crippen molar-refractivity contribution in [2.75, 3.05) is 7.11 Å². The van der Waals surface area contributed by atoms with Crippen molar-refractivity contribution in [3.05, 3.63) is 42.0 Å². The van der Waals surface area contributed by atoms with Gasteiger partial charge in [0.2, 0.25) is 0 Å². The predicted molar refractivity (Wildman–Crippen MR) is 84.2 cm³/mol. The van der Waals surface area contributed by atoms with Crippen LogP contribution in [0.1, 0.15) is 26.3 Å². The molecule has 21 heavy (non-hydrogen) atoms. The molecule has 0 aliphatic rings. The summed E-state index contributed by atoms with van der Waals surface area (Å²) in [7, 11) is 1.64. The van der Waals surface area contributed by atoms with Gasteiger partial charge in [0.05, 0.1) is 7.11 Å². The number of methoxy groups -OCH3 is 1. The molecule has 0 spiro atoms. The maximum absolute atomic E-state index is 11.6. The predicted octanol–water partition coefficient (Wildman–Crippen LogP) is 2.71. The highest BCUT2D eigenvalue weighted by atomic mass is 16.5. The molecule has 0 radical (unpaired) electrons. The van der Waals surface area contributed by atoms with Gasteiger partial charge in [-0.25, -0.2) is 0 Å². The molecule has 0 heterocycles. The molecule has 0 aromatic heterocycles. The molecule has 0 saturated carbocycles. The summed E-state index contributed by atoms with van der Waals surface area (Å²) in [6.07, 6.45) is 0.496. The Morgan fingerprint density at radius 2 is 1.86 bits per heavy atom. The van der Waals surface area contributed by atoms with Crippen LogP contribution < -0.4 is 10.5 Å². The quantitative estimate of drug-likeness (QED) is 0.620. The van der Waals surface area contributed by atoms with Crippen molar-refractivity contribution < 1.29 is 14.3 Å². The van der Waals surface area contributed by atoms with E-state index >= 15 is 0 Å². The Labute approximate surface area is 126 Å². The number of hydrogen-bond acceptors (Lipinski definition) is 4. The molecule has 1 rings (SSSR count). The lowest BCUT2D eigenvalue weighted by Crippen LogP contribution is -2.34. The number of carbonyl (C=O) groups is 1. The lowest BCUT2D eigenvalue weighted by atomic mass is 9.89. The molecule has 0 saturated heterocycles. The van der Waals surface area contributed by atoms with E-state index < -0.39 is 6.04 Å². The van der Waals surface area contributed by atoms with Gasteiger partial charge in [0, 0.05) is 5.92 Å². The molecule has 1 aromatic carbocycles. The molecule has 4 nitrogen and oxygen atoms in total. The van der Waals surface area contributed by atoms with E-state index in [-0.39, 0.29) is 18.0 Å². The van der Waals surface area contributed by atoms with E-state index in [1.54, 1.807) is 14.0 Å². The van der Waals surface area contributed by atoms with Gasteiger partial charge in [-0.1, -0.05) is 24.3 Å². The van der Waals surface area contributed by atoms with E-state index in [0.717, 1.165) is 23.3 Å². The second-order valence-corrected chi connectivity index (χ2v) is 5.44. The van der Waals surface area contributed by atoms with Crippen LogP contribution in [0.25, 0.3) is 0 Å². The Balaban J connectivity index is 2.76. The summed E-state index contributed by atoms with van der Waals surface area (Å²) in [5.41, 5.74) is 7.66. The van der Waals surface area contributed by atoms with Gasteiger partial charge >= 0.3 is 5.97 Å². The zero-order valence-electron chi connectivity index (χ0n) is 13.3. The first kappa shape index (κ1) is 17.2. The van der Waals surface area contributed by atoms with Crippen LogP contribution in [0.2, 0.25) is 0 Å². The minimum atomic E-state index is -0.612. The molecule has 0 aliphatic carbocycles. The van der Waals surface area contributed by atoms with Gasteiger partial charge in [-0.15, -0.1) is 0 Å². The fourth-order valence-corrected chi connectivity index (χ4v) is 2.13. The van der Waals surface area contributed by atoms with E-state index in [2.05, 4.69) is 6.58 Å². The van der Waals surface area contributed by atoms with Crippen molar-refractivity contribution in [2.24, 2.45) is 11.7 Å². The van der Waals surface area contributed by atoms with Gasteiger partial charge in [0.25, 0.3) is 0 Å². The monoisotopic (exact) mass is 291 g/mol. The number of rotatable bonds is 7. The van der Waals surface area contributed by atoms with Gasteiger partial charge in [-0.05, 0) is 44.9 Å². The van der Waals surface area contributed by atoms with Gasteiger partial charge in [-0.2, -0.15) is 0 Å². The van der Waals surface area contributed by atoms with Crippen LogP contribution in [0, 0.1) is 5.92 Å². The highest BCUT2D eigenvalue weighted by Gasteiger charge is 2.23. The highest BCUT2D eigenvalue weighted by molar-refractivity contribution is 5.75. The van der Waals surface area contributed by atoms with Crippen LogP contribution in [-0.2, 0) is 16.0 Å². The van der Waals surface area contributed by atoms with Crippen LogP contribution in [0.5, 0.6) is 5.75 Å². The molecule has 0 unspecified atom stereocenters. The van der Waals surface area contributed by atoms with E-state index in [1.807, 2.05) is 38.1 Å². The molecule has 1 aromatic rings. The number of benzene rings is 1. The molecule has 4 heteroatoms. The number of carbonyl (C=O) groups excluding carboxylic acids is 1. The molecule has 0 aliphatic heterocycles. The summed E-state index contributed by atoms with van der Waals surface area (Å²) in [5.74, 6) is 0.492. The molecular weight excluding hydrogens is 266 g/mol. The SMILES string of the molecule is C=C(C)[C@@H](Cc1ccc(OC)cc1)[C@H](C)OC(=O)[C@H](C)N. The number of ether oxygens (including phenoxy) is 2. The zero-order chi connectivity index (χ0) is 16.0. The van der Waals surface area contributed by atoms with Crippen molar-refractivity contribution in [1.82, 2.24) is 0 Å².